The van der Waals surface area contributed by atoms with Gasteiger partial charge in [-0.05, 0) is 29.7 Å². The van der Waals surface area contributed by atoms with Crippen LogP contribution in [0.15, 0.2) is 48.5 Å². The van der Waals surface area contributed by atoms with Gasteiger partial charge in [-0.1, -0.05) is 24.3 Å². The highest BCUT2D eigenvalue weighted by Crippen LogP contribution is 2.14. The maximum absolute atomic E-state index is 12.2. The first-order valence-corrected chi connectivity index (χ1v) is 8.25. The van der Waals surface area contributed by atoms with Gasteiger partial charge in [0.15, 0.2) is 0 Å². The van der Waals surface area contributed by atoms with Crippen molar-refractivity contribution in [1.29, 1.82) is 0 Å². The minimum atomic E-state index is -0.806. The van der Waals surface area contributed by atoms with Gasteiger partial charge in [-0.15, -0.1) is 0 Å². The third-order valence-corrected chi connectivity index (χ3v) is 3.93. The molecule has 1 atom stereocenters. The normalized spacial score (nSPS) is 11.4. The number of rotatable bonds is 8. The van der Waals surface area contributed by atoms with E-state index >= 15 is 0 Å². The van der Waals surface area contributed by atoms with Crippen LogP contribution in [0, 0.1) is 16.5 Å². The zero-order chi connectivity index (χ0) is 19.8. The molecule has 0 aliphatic carbocycles. The van der Waals surface area contributed by atoms with E-state index in [0.717, 1.165) is 5.56 Å². The lowest BCUT2D eigenvalue weighted by atomic mass is 10.0. The summed E-state index contributed by atoms with van der Waals surface area (Å²) in [6, 6.07) is 11.5. The van der Waals surface area contributed by atoms with Gasteiger partial charge in [0.05, 0.1) is 11.3 Å². The monoisotopic (exact) mass is 370 g/mol. The van der Waals surface area contributed by atoms with E-state index in [4.69, 9.17) is 0 Å². The molecule has 8 heteroatoms. The third kappa shape index (κ3) is 6.10. The molecule has 27 heavy (non-hydrogen) atoms. The molecular weight excluding hydrogens is 350 g/mol. The fourth-order valence-electron chi connectivity index (χ4n) is 2.45. The Morgan fingerprint density at radius 3 is 2.26 bits per heavy atom. The number of amides is 2. The molecule has 1 unspecified atom stereocenters. The predicted octanol–water partition coefficient (Wildman–Crippen LogP) is 1.52. The van der Waals surface area contributed by atoms with Crippen molar-refractivity contribution in [3.05, 3.63) is 76.2 Å². The zero-order valence-corrected chi connectivity index (χ0v) is 14.7. The summed E-state index contributed by atoms with van der Waals surface area (Å²) in [5.41, 5.74) is 1.49. The molecule has 141 valence electrons. The Morgan fingerprint density at radius 2 is 1.70 bits per heavy atom. The van der Waals surface area contributed by atoms with E-state index < -0.39 is 16.9 Å². The van der Waals surface area contributed by atoms with Gasteiger partial charge in [-0.2, -0.15) is 0 Å². The molecule has 0 fully saturated rings. The lowest BCUT2D eigenvalue weighted by Crippen LogP contribution is -2.47. The van der Waals surface area contributed by atoms with Crippen LogP contribution in [0.2, 0.25) is 0 Å². The maximum Gasteiger partial charge on any atom is 0.269 e. The number of non-ortho nitro benzene ring substituents is 1. The fraction of sp³-hybridized carbons (Fsp3) is 0.211. The van der Waals surface area contributed by atoms with E-state index in [-0.39, 0.29) is 23.8 Å². The molecule has 0 aromatic heterocycles. The summed E-state index contributed by atoms with van der Waals surface area (Å²) in [6.45, 7) is 0. The molecule has 8 nitrogen and oxygen atoms in total. The van der Waals surface area contributed by atoms with Crippen LogP contribution in [-0.4, -0.2) is 34.9 Å². The minimum Gasteiger partial charge on any atom is -0.508 e. The van der Waals surface area contributed by atoms with Crippen molar-refractivity contribution in [3.8, 4) is 5.75 Å². The Balaban J connectivity index is 1.96. The lowest BCUT2D eigenvalue weighted by molar-refractivity contribution is -0.384. The van der Waals surface area contributed by atoms with Crippen LogP contribution in [0.25, 0.3) is 0 Å². The smallest absolute Gasteiger partial charge is 0.269 e. The Labute approximate surface area is 156 Å². The number of aromatic hydroxyl groups is 1. The highest BCUT2D eigenvalue weighted by molar-refractivity contribution is 5.91. The van der Waals surface area contributed by atoms with E-state index in [1.165, 1.54) is 37.7 Å². The van der Waals surface area contributed by atoms with Gasteiger partial charge < -0.3 is 15.7 Å². The number of nitro groups is 1. The van der Waals surface area contributed by atoms with Crippen LogP contribution < -0.4 is 10.6 Å². The van der Waals surface area contributed by atoms with Crippen molar-refractivity contribution in [2.24, 2.45) is 0 Å². The van der Waals surface area contributed by atoms with Crippen LogP contribution in [0.4, 0.5) is 5.69 Å². The minimum absolute atomic E-state index is 0.0403. The predicted molar refractivity (Wildman–Crippen MR) is 98.9 cm³/mol. The van der Waals surface area contributed by atoms with Crippen LogP contribution in [0.1, 0.15) is 11.1 Å². The van der Waals surface area contributed by atoms with Gasteiger partial charge in [0.25, 0.3) is 5.69 Å². The molecule has 0 aliphatic heterocycles. The number of nitro benzene ring substituents is 1. The van der Waals surface area contributed by atoms with E-state index in [2.05, 4.69) is 10.6 Å². The summed E-state index contributed by atoms with van der Waals surface area (Å²) in [6.07, 6.45) is 1.97. The Kier molecular flexibility index (Phi) is 6.87. The first-order valence-electron chi connectivity index (χ1n) is 8.25. The summed E-state index contributed by atoms with van der Waals surface area (Å²) in [4.78, 5) is 34.4. The van der Waals surface area contributed by atoms with Gasteiger partial charge in [0, 0.05) is 25.6 Å². The van der Waals surface area contributed by atoms with Crippen LogP contribution in [-0.2, 0) is 22.4 Å². The molecule has 0 aliphatic rings. The molecule has 2 aromatic carbocycles. The molecule has 2 aromatic rings. The number of phenolic OH excluding ortho intramolecular Hbond substituents is 1. The topological polar surface area (TPSA) is 122 Å². The van der Waals surface area contributed by atoms with Crippen molar-refractivity contribution < 1.29 is 19.6 Å². The quantitative estimate of drug-likeness (QED) is 0.480. The Hall–Kier alpha value is -3.42. The van der Waals surface area contributed by atoms with Crippen molar-refractivity contribution >= 4 is 17.5 Å². The number of nitrogens with zero attached hydrogens (tertiary/aromatic N) is 1. The summed E-state index contributed by atoms with van der Waals surface area (Å²) in [7, 11) is 1.47. The zero-order valence-electron chi connectivity index (χ0n) is 14.7. The SMILES string of the molecule is CNC(=O)C(Cc1ccc([N+](=O)[O-])cc1)NC(=O)[CH]Cc1ccc(O)cc1. The van der Waals surface area contributed by atoms with Gasteiger partial charge in [0.2, 0.25) is 11.8 Å². The Morgan fingerprint density at radius 1 is 1.11 bits per heavy atom. The molecule has 0 saturated heterocycles. The molecule has 0 bridgehead atoms. The first kappa shape index (κ1) is 19.9. The van der Waals surface area contributed by atoms with Crippen LogP contribution in [0.3, 0.4) is 0 Å². The molecule has 2 rings (SSSR count). The van der Waals surface area contributed by atoms with Crippen LogP contribution >= 0.6 is 0 Å². The largest absolute Gasteiger partial charge is 0.508 e. The number of hydrogen-bond acceptors (Lipinski definition) is 5. The van der Waals surface area contributed by atoms with Crippen LogP contribution in [0.5, 0.6) is 5.75 Å². The van der Waals surface area contributed by atoms with E-state index in [1.54, 1.807) is 24.3 Å². The van der Waals surface area contributed by atoms with Crippen molar-refractivity contribution in [2.45, 2.75) is 18.9 Å². The number of nitrogens with one attached hydrogen (secondary N) is 2. The molecule has 3 N–H and O–H groups in total. The van der Waals surface area contributed by atoms with Crippen molar-refractivity contribution in [2.75, 3.05) is 7.05 Å². The van der Waals surface area contributed by atoms with Crippen molar-refractivity contribution in [1.82, 2.24) is 10.6 Å². The average molecular weight is 370 g/mol. The number of likely N-dealkylation sites (N-methyl/N-ethyl adjacent to an activating group) is 1. The molecule has 0 saturated carbocycles. The molecule has 1 radical (unpaired) electrons. The highest BCUT2D eigenvalue weighted by atomic mass is 16.6. The second kappa shape index (κ2) is 9.33. The Bertz CT molecular complexity index is 803. The summed E-state index contributed by atoms with van der Waals surface area (Å²) in [5, 5.41) is 25.1. The number of phenols is 1. The number of hydrogen-bond donors (Lipinski definition) is 3. The van der Waals surface area contributed by atoms with Gasteiger partial charge in [0.1, 0.15) is 11.8 Å². The molecule has 0 spiro atoms. The van der Waals surface area contributed by atoms with E-state index in [0.29, 0.717) is 12.0 Å². The molecule has 0 heterocycles. The maximum atomic E-state index is 12.2. The van der Waals surface area contributed by atoms with E-state index in [9.17, 15) is 24.8 Å². The molecule has 2 amide bonds. The molecular formula is C19H20N3O5. The second-order valence-electron chi connectivity index (χ2n) is 5.88. The van der Waals surface area contributed by atoms with E-state index in [1.807, 2.05) is 0 Å². The first-order chi connectivity index (χ1) is 12.9. The lowest BCUT2D eigenvalue weighted by Gasteiger charge is -2.17. The van der Waals surface area contributed by atoms with Crippen molar-refractivity contribution in [3.63, 3.8) is 0 Å². The fourth-order valence-corrected chi connectivity index (χ4v) is 2.45. The number of carbonyl (C=O) groups excluding carboxylic acids is 2. The average Bonchev–Trinajstić information content (AvgIpc) is 2.66. The summed E-state index contributed by atoms with van der Waals surface area (Å²) >= 11 is 0. The summed E-state index contributed by atoms with van der Waals surface area (Å²) < 4.78 is 0. The number of carbonyl (C=O) groups is 2. The standard InChI is InChI=1S/C19H20N3O5/c1-20-19(25)17(12-14-2-7-15(8-3-14)22(26)27)21-18(24)11-6-13-4-9-16(23)10-5-13/h2-5,7-11,17,23H,6,12H2,1H3,(H,20,25)(H,21,24). The third-order valence-electron chi connectivity index (χ3n) is 3.93. The van der Waals surface area contributed by atoms with Gasteiger partial charge in [-0.25, -0.2) is 0 Å². The second-order valence-corrected chi connectivity index (χ2v) is 5.88. The summed E-state index contributed by atoms with van der Waals surface area (Å²) in [5.74, 6) is -0.621. The highest BCUT2D eigenvalue weighted by Gasteiger charge is 2.20. The van der Waals surface area contributed by atoms with Gasteiger partial charge >= 0.3 is 0 Å². The van der Waals surface area contributed by atoms with Gasteiger partial charge in [-0.3, -0.25) is 19.7 Å². The number of benzene rings is 2.